The van der Waals surface area contributed by atoms with Crippen LogP contribution in [0.5, 0.6) is 0 Å². The summed E-state index contributed by atoms with van der Waals surface area (Å²) >= 11 is 30.3. The third-order valence-electron chi connectivity index (χ3n) is 2.77. The number of carbonyl (C=O) groups excluding carboxylic acids is 1. The normalized spacial score (nSPS) is 10.6. The van der Waals surface area contributed by atoms with Gasteiger partial charge in [0, 0.05) is 5.56 Å². The van der Waals surface area contributed by atoms with Crippen LogP contribution in [0.3, 0.4) is 0 Å². The minimum absolute atomic E-state index is 0.0331. The van der Waals surface area contributed by atoms with E-state index in [2.05, 4.69) is 9.72 Å². The third-order valence-corrected chi connectivity index (χ3v) is 5.05. The van der Waals surface area contributed by atoms with Crippen molar-refractivity contribution >= 4 is 69.7 Å². The summed E-state index contributed by atoms with van der Waals surface area (Å²) in [6.45, 7) is 0. The Morgan fingerprint density at radius 3 is 2.00 bits per heavy atom. The van der Waals surface area contributed by atoms with Crippen LogP contribution in [-0.2, 0) is 4.74 Å². The Kier molecular flexibility index (Phi) is 5.30. The number of esters is 1. The SMILES string of the molecule is COC(=O)c1nc(-c2c(Cl)c(Cl)c(Cl)c(Cl)c2Cl)ccc1N. The van der Waals surface area contributed by atoms with Crippen molar-refractivity contribution < 1.29 is 9.53 Å². The fourth-order valence-corrected chi connectivity index (χ4v) is 3.03. The van der Waals surface area contributed by atoms with Crippen LogP contribution in [0.4, 0.5) is 5.69 Å². The molecule has 0 fully saturated rings. The maximum Gasteiger partial charge on any atom is 0.358 e. The first kappa shape index (κ1) is 17.4. The van der Waals surface area contributed by atoms with Crippen LogP contribution in [0.2, 0.25) is 25.1 Å². The van der Waals surface area contributed by atoms with E-state index in [-0.39, 0.29) is 47.8 Å². The fourth-order valence-electron chi connectivity index (χ4n) is 1.70. The molecule has 2 rings (SSSR count). The van der Waals surface area contributed by atoms with Gasteiger partial charge in [-0.05, 0) is 12.1 Å². The van der Waals surface area contributed by atoms with Crippen molar-refractivity contribution in [2.45, 2.75) is 0 Å². The predicted octanol–water partition coefficient (Wildman–Crippen LogP) is 5.38. The maximum atomic E-state index is 11.7. The van der Waals surface area contributed by atoms with Crippen LogP contribution in [-0.4, -0.2) is 18.1 Å². The Morgan fingerprint density at radius 1 is 1.00 bits per heavy atom. The number of rotatable bonds is 2. The van der Waals surface area contributed by atoms with E-state index in [4.69, 9.17) is 63.7 Å². The zero-order valence-electron chi connectivity index (χ0n) is 10.9. The topological polar surface area (TPSA) is 65.2 Å². The number of hydrogen-bond donors (Lipinski definition) is 1. The van der Waals surface area contributed by atoms with Crippen molar-refractivity contribution in [3.63, 3.8) is 0 Å². The molecule has 0 saturated carbocycles. The Morgan fingerprint density at radius 2 is 1.50 bits per heavy atom. The Balaban J connectivity index is 2.76. The highest BCUT2D eigenvalue weighted by Gasteiger charge is 2.23. The highest BCUT2D eigenvalue weighted by atomic mass is 35.5. The molecule has 0 saturated heterocycles. The minimum atomic E-state index is -0.697. The number of anilines is 1. The smallest absolute Gasteiger partial charge is 0.358 e. The van der Waals surface area contributed by atoms with Crippen molar-refractivity contribution in [3.8, 4) is 11.3 Å². The van der Waals surface area contributed by atoms with Gasteiger partial charge < -0.3 is 10.5 Å². The molecule has 0 aliphatic heterocycles. The quantitative estimate of drug-likeness (QED) is 0.417. The second-order valence-electron chi connectivity index (χ2n) is 4.07. The van der Waals surface area contributed by atoms with Gasteiger partial charge in [0.15, 0.2) is 5.69 Å². The molecule has 0 atom stereocenters. The van der Waals surface area contributed by atoms with Gasteiger partial charge in [-0.1, -0.05) is 58.0 Å². The van der Waals surface area contributed by atoms with Crippen LogP contribution < -0.4 is 5.73 Å². The van der Waals surface area contributed by atoms with Crippen molar-refractivity contribution in [2.24, 2.45) is 0 Å². The number of nitrogen functional groups attached to an aromatic ring is 1. The molecule has 0 aliphatic rings. The number of nitrogens with zero attached hydrogens (tertiary/aromatic N) is 1. The summed E-state index contributed by atoms with van der Waals surface area (Å²) in [5.41, 5.74) is 6.27. The highest BCUT2D eigenvalue weighted by Crippen LogP contribution is 2.47. The fraction of sp³-hybridized carbons (Fsp3) is 0.0769. The molecular weight excluding hydrogens is 393 g/mol. The number of nitrogens with two attached hydrogens (primary N) is 1. The van der Waals surface area contributed by atoms with E-state index in [0.29, 0.717) is 0 Å². The van der Waals surface area contributed by atoms with E-state index >= 15 is 0 Å². The van der Waals surface area contributed by atoms with Crippen LogP contribution in [0.1, 0.15) is 10.5 Å². The molecule has 116 valence electrons. The maximum absolute atomic E-state index is 11.7. The molecule has 0 radical (unpaired) electrons. The standard InChI is InChI=1S/C13H7Cl5N2O2/c1-22-13(21)12-4(19)2-3-5(20-12)6-7(14)9(16)11(18)10(17)8(6)15/h2-3H,19H2,1H3. The second-order valence-corrected chi connectivity index (χ2v) is 5.96. The second kappa shape index (κ2) is 6.69. The summed E-state index contributed by atoms with van der Waals surface area (Å²) in [6.07, 6.45) is 0. The number of ether oxygens (including phenoxy) is 1. The molecular formula is C13H7Cl5N2O2. The number of benzene rings is 1. The monoisotopic (exact) mass is 398 g/mol. The van der Waals surface area contributed by atoms with Crippen molar-refractivity contribution in [1.82, 2.24) is 4.98 Å². The van der Waals surface area contributed by atoms with Gasteiger partial charge in [-0.3, -0.25) is 0 Å². The number of pyridine rings is 1. The average molecular weight is 400 g/mol. The Bertz CT molecular complexity index is 751. The molecule has 0 aliphatic carbocycles. The molecule has 1 heterocycles. The zero-order chi connectivity index (χ0) is 16.6. The van der Waals surface area contributed by atoms with Gasteiger partial charge in [0.05, 0.1) is 43.6 Å². The van der Waals surface area contributed by atoms with Gasteiger partial charge in [0.25, 0.3) is 0 Å². The molecule has 2 N–H and O–H groups in total. The van der Waals surface area contributed by atoms with Crippen molar-refractivity contribution in [1.29, 1.82) is 0 Å². The molecule has 9 heteroatoms. The van der Waals surface area contributed by atoms with Gasteiger partial charge in [0.2, 0.25) is 0 Å². The first-order valence-corrected chi connectivity index (χ1v) is 7.55. The first-order chi connectivity index (χ1) is 10.3. The molecule has 22 heavy (non-hydrogen) atoms. The molecule has 0 spiro atoms. The average Bonchev–Trinajstić information content (AvgIpc) is 2.52. The van der Waals surface area contributed by atoms with E-state index < -0.39 is 5.97 Å². The molecule has 1 aromatic heterocycles. The zero-order valence-corrected chi connectivity index (χ0v) is 14.7. The lowest BCUT2D eigenvalue weighted by molar-refractivity contribution is 0.0595. The highest BCUT2D eigenvalue weighted by molar-refractivity contribution is 6.56. The molecule has 0 bridgehead atoms. The minimum Gasteiger partial charge on any atom is -0.464 e. The third kappa shape index (κ3) is 2.94. The lowest BCUT2D eigenvalue weighted by Gasteiger charge is -2.13. The van der Waals surface area contributed by atoms with E-state index in [1.807, 2.05) is 0 Å². The molecule has 4 nitrogen and oxygen atoms in total. The Labute approximate surface area is 151 Å². The van der Waals surface area contributed by atoms with E-state index in [9.17, 15) is 4.79 Å². The number of hydrogen-bond acceptors (Lipinski definition) is 4. The summed E-state index contributed by atoms with van der Waals surface area (Å²) in [4.78, 5) is 15.8. The lowest BCUT2D eigenvalue weighted by atomic mass is 10.1. The summed E-state index contributed by atoms with van der Waals surface area (Å²) < 4.78 is 4.61. The van der Waals surface area contributed by atoms with Crippen LogP contribution in [0.25, 0.3) is 11.3 Å². The van der Waals surface area contributed by atoms with Crippen LogP contribution in [0, 0.1) is 0 Å². The van der Waals surface area contributed by atoms with Crippen molar-refractivity contribution in [3.05, 3.63) is 42.9 Å². The number of methoxy groups -OCH3 is 1. The van der Waals surface area contributed by atoms with Crippen LogP contribution >= 0.6 is 58.0 Å². The first-order valence-electron chi connectivity index (χ1n) is 5.66. The molecule has 1 aromatic carbocycles. The largest absolute Gasteiger partial charge is 0.464 e. The van der Waals surface area contributed by atoms with Crippen LogP contribution in [0.15, 0.2) is 12.1 Å². The number of aromatic nitrogens is 1. The summed E-state index contributed by atoms with van der Waals surface area (Å²) in [6, 6.07) is 2.99. The van der Waals surface area contributed by atoms with Gasteiger partial charge in [-0.2, -0.15) is 0 Å². The Hall–Kier alpha value is -0.910. The van der Waals surface area contributed by atoms with Gasteiger partial charge >= 0.3 is 5.97 Å². The summed E-state index contributed by atoms with van der Waals surface area (Å²) in [5.74, 6) is -0.697. The molecule has 2 aromatic rings. The molecule has 0 amide bonds. The summed E-state index contributed by atoms with van der Waals surface area (Å²) in [5, 5.41) is 0.228. The van der Waals surface area contributed by atoms with E-state index in [1.165, 1.54) is 19.2 Å². The van der Waals surface area contributed by atoms with Crippen molar-refractivity contribution in [2.75, 3.05) is 12.8 Å². The van der Waals surface area contributed by atoms with E-state index in [1.54, 1.807) is 0 Å². The lowest BCUT2D eigenvalue weighted by Crippen LogP contribution is -2.09. The number of halogens is 5. The molecule has 0 unspecified atom stereocenters. The van der Waals surface area contributed by atoms with Gasteiger partial charge in [0.1, 0.15) is 0 Å². The summed E-state index contributed by atoms with van der Waals surface area (Å²) in [7, 11) is 1.21. The van der Waals surface area contributed by atoms with Gasteiger partial charge in [-0.15, -0.1) is 0 Å². The van der Waals surface area contributed by atoms with E-state index in [0.717, 1.165) is 0 Å². The van der Waals surface area contributed by atoms with Gasteiger partial charge in [-0.25, -0.2) is 9.78 Å². The predicted molar refractivity (Wildman–Crippen MR) is 90.5 cm³/mol. The number of carbonyl (C=O) groups is 1.